The van der Waals surface area contributed by atoms with Gasteiger partial charge in [-0.05, 0) is 19.8 Å². The van der Waals surface area contributed by atoms with E-state index < -0.39 is 0 Å². The molecule has 1 aromatic heterocycles. The number of nitrogens with zero attached hydrogens (tertiary/aromatic N) is 3. The summed E-state index contributed by atoms with van der Waals surface area (Å²) in [7, 11) is 1.40. The van der Waals surface area contributed by atoms with Crippen LogP contribution >= 0.6 is 0 Å². The maximum atomic E-state index is 11.4. The van der Waals surface area contributed by atoms with Crippen LogP contribution in [0.5, 0.6) is 0 Å². The second kappa shape index (κ2) is 3.40. The summed E-state index contributed by atoms with van der Waals surface area (Å²) in [6.45, 7) is 1.83. The van der Waals surface area contributed by atoms with E-state index in [-0.39, 0.29) is 12.0 Å². The van der Waals surface area contributed by atoms with Crippen LogP contribution in [0.25, 0.3) is 0 Å². The summed E-state index contributed by atoms with van der Waals surface area (Å²) in [6.07, 6.45) is 2.66. The Morgan fingerprint density at radius 1 is 1.64 bits per heavy atom. The minimum Gasteiger partial charge on any atom is -0.467 e. The van der Waals surface area contributed by atoms with Crippen LogP contribution in [0.4, 0.5) is 0 Å². The third-order valence-corrected chi connectivity index (χ3v) is 2.45. The molecule has 2 rings (SSSR count). The van der Waals surface area contributed by atoms with Crippen molar-refractivity contribution in [2.75, 3.05) is 7.11 Å². The number of aromatic nitrogens is 3. The van der Waals surface area contributed by atoms with Crippen molar-refractivity contribution >= 4 is 5.97 Å². The van der Waals surface area contributed by atoms with Gasteiger partial charge in [0.15, 0.2) is 6.04 Å². The highest BCUT2D eigenvalue weighted by Gasteiger charge is 2.28. The van der Waals surface area contributed by atoms with E-state index >= 15 is 0 Å². The minimum absolute atomic E-state index is 0.226. The Hall–Kier alpha value is -1.39. The zero-order valence-corrected chi connectivity index (χ0v) is 8.36. The third kappa shape index (κ3) is 1.38. The second-order valence-electron chi connectivity index (χ2n) is 3.45. The van der Waals surface area contributed by atoms with Gasteiger partial charge in [0, 0.05) is 6.42 Å². The summed E-state index contributed by atoms with van der Waals surface area (Å²) >= 11 is 0. The molecule has 0 spiro atoms. The fraction of sp³-hybridized carbons (Fsp3) is 0.667. The summed E-state index contributed by atoms with van der Waals surface area (Å²) in [5.41, 5.74) is 0. The second-order valence-corrected chi connectivity index (χ2v) is 3.45. The van der Waals surface area contributed by atoms with Gasteiger partial charge in [-0.2, -0.15) is 5.10 Å². The van der Waals surface area contributed by atoms with Crippen LogP contribution in [-0.4, -0.2) is 27.8 Å². The lowest BCUT2D eigenvalue weighted by Crippen LogP contribution is -2.27. The number of esters is 1. The number of hydrogen-bond acceptors (Lipinski definition) is 4. The minimum atomic E-state index is -0.273. The smallest absolute Gasteiger partial charge is 0.330 e. The number of carbonyl (C=O) groups is 1. The summed E-state index contributed by atoms with van der Waals surface area (Å²) in [5, 5.41) is 4.21. The first-order valence-electron chi connectivity index (χ1n) is 4.72. The molecule has 1 unspecified atom stereocenters. The number of fused-ring (bicyclic) bond motifs is 1. The molecular formula is C9H13N3O2. The average molecular weight is 195 g/mol. The normalized spacial score (nSPS) is 20.3. The van der Waals surface area contributed by atoms with Gasteiger partial charge < -0.3 is 4.74 Å². The molecule has 0 aliphatic carbocycles. The van der Waals surface area contributed by atoms with Crippen molar-refractivity contribution in [3.63, 3.8) is 0 Å². The quantitative estimate of drug-likeness (QED) is 0.617. The van der Waals surface area contributed by atoms with E-state index in [0.717, 1.165) is 30.9 Å². The number of aryl methyl sites for hydroxylation is 2. The topological polar surface area (TPSA) is 57.0 Å². The fourth-order valence-corrected chi connectivity index (χ4v) is 1.82. The summed E-state index contributed by atoms with van der Waals surface area (Å²) in [4.78, 5) is 15.7. The van der Waals surface area contributed by atoms with Crippen molar-refractivity contribution < 1.29 is 9.53 Å². The fourth-order valence-electron chi connectivity index (χ4n) is 1.82. The van der Waals surface area contributed by atoms with E-state index in [1.807, 2.05) is 6.92 Å². The van der Waals surface area contributed by atoms with Crippen molar-refractivity contribution in [1.82, 2.24) is 14.8 Å². The molecule has 0 radical (unpaired) electrons. The summed E-state index contributed by atoms with van der Waals surface area (Å²) in [5.74, 6) is 1.39. The van der Waals surface area contributed by atoms with Crippen LogP contribution in [0.1, 0.15) is 30.5 Å². The Balaban J connectivity index is 2.34. The molecule has 76 valence electrons. The Labute approximate surface area is 82.1 Å². The number of ether oxygens (including phenoxy) is 1. The predicted molar refractivity (Wildman–Crippen MR) is 48.8 cm³/mol. The van der Waals surface area contributed by atoms with Crippen LogP contribution in [0.3, 0.4) is 0 Å². The molecule has 0 N–H and O–H groups in total. The Morgan fingerprint density at radius 2 is 2.43 bits per heavy atom. The first-order valence-corrected chi connectivity index (χ1v) is 4.72. The number of methoxy groups -OCH3 is 1. The number of hydrogen-bond donors (Lipinski definition) is 0. The molecule has 0 fully saturated rings. The van der Waals surface area contributed by atoms with Gasteiger partial charge in [0.25, 0.3) is 0 Å². The lowest BCUT2D eigenvalue weighted by Gasteiger charge is -2.20. The van der Waals surface area contributed by atoms with Gasteiger partial charge in [-0.15, -0.1) is 0 Å². The molecule has 1 aliphatic heterocycles. The highest BCUT2D eigenvalue weighted by Crippen LogP contribution is 2.23. The monoisotopic (exact) mass is 195 g/mol. The average Bonchev–Trinajstić information content (AvgIpc) is 2.56. The molecule has 5 nitrogen and oxygen atoms in total. The molecule has 0 aromatic carbocycles. The zero-order chi connectivity index (χ0) is 10.1. The molecule has 0 bridgehead atoms. The molecule has 2 heterocycles. The SMILES string of the molecule is COC(=O)C1CCCc2nc(C)nn21. The Bertz CT molecular complexity index is 359. The highest BCUT2D eigenvalue weighted by molar-refractivity contribution is 5.74. The predicted octanol–water partition coefficient (Wildman–Crippen LogP) is 0.637. The van der Waals surface area contributed by atoms with Gasteiger partial charge in [0.1, 0.15) is 11.6 Å². The zero-order valence-electron chi connectivity index (χ0n) is 8.36. The molecule has 5 heteroatoms. The van der Waals surface area contributed by atoms with Gasteiger partial charge in [0.2, 0.25) is 0 Å². The summed E-state index contributed by atoms with van der Waals surface area (Å²) < 4.78 is 6.43. The maximum Gasteiger partial charge on any atom is 0.330 e. The first kappa shape index (κ1) is 9.18. The molecule has 14 heavy (non-hydrogen) atoms. The van der Waals surface area contributed by atoms with E-state index in [4.69, 9.17) is 4.74 Å². The van der Waals surface area contributed by atoms with Crippen LogP contribution in [0.15, 0.2) is 0 Å². The lowest BCUT2D eigenvalue weighted by molar-refractivity contribution is -0.145. The van der Waals surface area contributed by atoms with Crippen LogP contribution in [0, 0.1) is 6.92 Å². The molecule has 0 saturated carbocycles. The molecular weight excluding hydrogens is 182 g/mol. The van der Waals surface area contributed by atoms with Gasteiger partial charge in [0.05, 0.1) is 7.11 Å². The largest absolute Gasteiger partial charge is 0.467 e. The van der Waals surface area contributed by atoms with E-state index in [1.54, 1.807) is 4.68 Å². The van der Waals surface area contributed by atoms with E-state index in [0.29, 0.717) is 0 Å². The van der Waals surface area contributed by atoms with Gasteiger partial charge >= 0.3 is 5.97 Å². The van der Waals surface area contributed by atoms with E-state index in [2.05, 4.69) is 10.1 Å². The maximum absolute atomic E-state index is 11.4. The van der Waals surface area contributed by atoms with Crippen LogP contribution in [-0.2, 0) is 16.0 Å². The van der Waals surface area contributed by atoms with Crippen molar-refractivity contribution in [2.24, 2.45) is 0 Å². The highest BCUT2D eigenvalue weighted by atomic mass is 16.5. The molecule has 1 aliphatic rings. The first-order chi connectivity index (χ1) is 6.72. The molecule has 1 atom stereocenters. The lowest BCUT2D eigenvalue weighted by atomic mass is 10.1. The van der Waals surface area contributed by atoms with Crippen LogP contribution in [0.2, 0.25) is 0 Å². The van der Waals surface area contributed by atoms with Crippen molar-refractivity contribution in [3.05, 3.63) is 11.6 Å². The van der Waals surface area contributed by atoms with Gasteiger partial charge in [-0.1, -0.05) is 0 Å². The number of carbonyl (C=O) groups excluding carboxylic acids is 1. The Kier molecular flexibility index (Phi) is 2.23. The van der Waals surface area contributed by atoms with Crippen molar-refractivity contribution in [2.45, 2.75) is 32.2 Å². The number of rotatable bonds is 1. The molecule has 0 saturated heterocycles. The van der Waals surface area contributed by atoms with Gasteiger partial charge in [-0.25, -0.2) is 14.5 Å². The van der Waals surface area contributed by atoms with Crippen molar-refractivity contribution in [1.29, 1.82) is 0 Å². The van der Waals surface area contributed by atoms with Crippen LogP contribution < -0.4 is 0 Å². The third-order valence-electron chi connectivity index (χ3n) is 2.45. The van der Waals surface area contributed by atoms with E-state index in [9.17, 15) is 4.79 Å². The standard InChI is InChI=1S/C9H13N3O2/c1-6-10-8-5-3-4-7(9(13)14-2)12(8)11-6/h7H,3-5H2,1-2H3. The van der Waals surface area contributed by atoms with E-state index in [1.165, 1.54) is 7.11 Å². The summed E-state index contributed by atoms with van der Waals surface area (Å²) in [6, 6.07) is -0.273. The molecule has 0 amide bonds. The Morgan fingerprint density at radius 3 is 3.14 bits per heavy atom. The van der Waals surface area contributed by atoms with Crippen molar-refractivity contribution in [3.8, 4) is 0 Å². The molecule has 1 aromatic rings. The van der Waals surface area contributed by atoms with Gasteiger partial charge in [-0.3, -0.25) is 0 Å².